The minimum Gasteiger partial charge on any atom is -0.337 e. The summed E-state index contributed by atoms with van der Waals surface area (Å²) >= 11 is 0. The third-order valence-corrected chi connectivity index (χ3v) is 5.80. The molecule has 0 bridgehead atoms. The summed E-state index contributed by atoms with van der Waals surface area (Å²) in [4.78, 5) is 20.2. The van der Waals surface area contributed by atoms with Gasteiger partial charge in [-0.1, -0.05) is 49.7 Å². The number of piperidine rings is 1. The minimum atomic E-state index is 0.139. The maximum atomic E-state index is 13.4. The molecule has 1 aliphatic heterocycles. The van der Waals surface area contributed by atoms with Gasteiger partial charge in [-0.15, -0.1) is 0 Å². The van der Waals surface area contributed by atoms with Crippen LogP contribution in [0.15, 0.2) is 48.7 Å². The normalized spacial score (nSPS) is 15.3. The highest BCUT2D eigenvalue weighted by Crippen LogP contribution is 2.24. The van der Waals surface area contributed by atoms with Gasteiger partial charge < -0.3 is 4.90 Å². The number of pyridine rings is 1. The second kappa shape index (κ2) is 8.17. The van der Waals surface area contributed by atoms with E-state index >= 15 is 0 Å². The number of aryl methyl sites for hydroxylation is 2. The first-order valence-corrected chi connectivity index (χ1v) is 10.5. The number of benzene rings is 1. The van der Waals surface area contributed by atoms with Crippen LogP contribution in [0.4, 0.5) is 0 Å². The largest absolute Gasteiger partial charge is 0.337 e. The van der Waals surface area contributed by atoms with Gasteiger partial charge in [0.15, 0.2) is 0 Å². The van der Waals surface area contributed by atoms with Crippen LogP contribution in [0, 0.1) is 12.8 Å². The van der Waals surface area contributed by atoms with Crippen molar-refractivity contribution in [2.45, 2.75) is 46.0 Å². The van der Waals surface area contributed by atoms with Crippen LogP contribution in [0.2, 0.25) is 0 Å². The molecule has 0 atom stereocenters. The first kappa shape index (κ1) is 18.7. The summed E-state index contributed by atoms with van der Waals surface area (Å²) < 4.78 is 2.00. The van der Waals surface area contributed by atoms with E-state index in [0.717, 1.165) is 67.8 Å². The molecule has 146 valence electrons. The van der Waals surface area contributed by atoms with Gasteiger partial charge in [0.1, 0.15) is 11.3 Å². The third-order valence-electron chi connectivity index (χ3n) is 5.80. The summed E-state index contributed by atoms with van der Waals surface area (Å²) in [7, 11) is 0. The lowest BCUT2D eigenvalue weighted by Crippen LogP contribution is -2.39. The Kier molecular flexibility index (Phi) is 5.47. The van der Waals surface area contributed by atoms with Crippen molar-refractivity contribution in [1.82, 2.24) is 14.3 Å². The number of nitrogens with zero attached hydrogens (tertiary/aromatic N) is 3. The Bertz CT molecular complexity index is 953. The summed E-state index contributed by atoms with van der Waals surface area (Å²) in [6.07, 6.45) is 7.11. The topological polar surface area (TPSA) is 37.6 Å². The van der Waals surface area contributed by atoms with Gasteiger partial charge >= 0.3 is 0 Å². The molecule has 4 rings (SSSR count). The Morgan fingerprint density at radius 2 is 1.86 bits per heavy atom. The van der Waals surface area contributed by atoms with Gasteiger partial charge in [-0.2, -0.15) is 0 Å². The highest BCUT2D eigenvalue weighted by Gasteiger charge is 2.28. The highest BCUT2D eigenvalue weighted by molar-refractivity contribution is 5.95. The lowest BCUT2D eigenvalue weighted by molar-refractivity contribution is 0.0682. The lowest BCUT2D eigenvalue weighted by atomic mass is 9.90. The standard InChI is InChI=1S/C24H29N3O/c1-3-7-21-23(27-17-18(2)10-11-22(27)25-21)24(28)26-14-12-20(13-15-26)16-19-8-5-4-6-9-19/h4-6,8-11,17,20H,3,7,12-16H2,1-2H3. The van der Waals surface area contributed by atoms with E-state index in [2.05, 4.69) is 50.2 Å². The van der Waals surface area contributed by atoms with Gasteiger partial charge in [0.2, 0.25) is 0 Å². The SMILES string of the molecule is CCCc1nc2ccc(C)cn2c1C(=O)N1CCC(Cc2ccccc2)CC1. The van der Waals surface area contributed by atoms with Crippen LogP contribution in [0.5, 0.6) is 0 Å². The van der Waals surface area contributed by atoms with E-state index in [4.69, 9.17) is 4.98 Å². The van der Waals surface area contributed by atoms with Crippen LogP contribution < -0.4 is 0 Å². The quantitative estimate of drug-likeness (QED) is 0.649. The molecule has 1 saturated heterocycles. The van der Waals surface area contributed by atoms with Crippen LogP contribution >= 0.6 is 0 Å². The maximum Gasteiger partial charge on any atom is 0.272 e. The summed E-state index contributed by atoms with van der Waals surface area (Å²) in [5.41, 5.74) is 5.11. The van der Waals surface area contributed by atoms with Crippen LogP contribution in [0.3, 0.4) is 0 Å². The fraction of sp³-hybridized carbons (Fsp3) is 0.417. The number of fused-ring (bicyclic) bond motifs is 1. The Morgan fingerprint density at radius 1 is 1.11 bits per heavy atom. The number of amides is 1. The van der Waals surface area contributed by atoms with Crippen molar-refractivity contribution in [3.63, 3.8) is 0 Å². The molecule has 0 saturated carbocycles. The highest BCUT2D eigenvalue weighted by atomic mass is 16.2. The molecular formula is C24H29N3O. The fourth-order valence-electron chi connectivity index (χ4n) is 4.27. The molecule has 1 fully saturated rings. The molecule has 1 aromatic carbocycles. The summed E-state index contributed by atoms with van der Waals surface area (Å²) in [5, 5.41) is 0. The van der Waals surface area contributed by atoms with E-state index in [9.17, 15) is 4.79 Å². The second-order valence-corrected chi connectivity index (χ2v) is 8.02. The summed E-state index contributed by atoms with van der Waals surface area (Å²) in [6.45, 7) is 5.86. The van der Waals surface area contributed by atoms with Crippen molar-refractivity contribution in [3.05, 3.63) is 71.2 Å². The smallest absolute Gasteiger partial charge is 0.272 e. The first-order chi connectivity index (χ1) is 13.7. The van der Waals surface area contributed by atoms with Crippen molar-refractivity contribution in [3.8, 4) is 0 Å². The summed E-state index contributed by atoms with van der Waals surface area (Å²) in [5.74, 6) is 0.797. The van der Waals surface area contributed by atoms with E-state index in [0.29, 0.717) is 5.92 Å². The van der Waals surface area contributed by atoms with E-state index < -0.39 is 0 Å². The zero-order valence-electron chi connectivity index (χ0n) is 16.9. The zero-order chi connectivity index (χ0) is 19.5. The van der Waals surface area contributed by atoms with E-state index in [-0.39, 0.29) is 5.91 Å². The van der Waals surface area contributed by atoms with Crippen LogP contribution in [0.1, 0.15) is 53.5 Å². The Balaban J connectivity index is 1.51. The molecule has 2 aromatic heterocycles. The van der Waals surface area contributed by atoms with Gasteiger partial charge in [0.25, 0.3) is 5.91 Å². The monoisotopic (exact) mass is 375 g/mol. The van der Waals surface area contributed by atoms with Crippen molar-refractivity contribution < 1.29 is 4.79 Å². The van der Waals surface area contributed by atoms with Gasteiger partial charge in [-0.25, -0.2) is 4.98 Å². The van der Waals surface area contributed by atoms with Crippen LogP contribution in [-0.4, -0.2) is 33.3 Å². The van der Waals surface area contributed by atoms with Crippen LogP contribution in [0.25, 0.3) is 5.65 Å². The molecule has 4 heteroatoms. The van der Waals surface area contributed by atoms with Gasteiger partial charge in [-0.05, 0) is 55.7 Å². The second-order valence-electron chi connectivity index (χ2n) is 8.02. The number of carbonyl (C=O) groups is 1. The average Bonchev–Trinajstić information content (AvgIpc) is 3.06. The predicted octanol–water partition coefficient (Wildman–Crippen LogP) is 4.69. The number of aromatic nitrogens is 2. The molecule has 1 aliphatic rings. The molecule has 4 nitrogen and oxygen atoms in total. The predicted molar refractivity (Wildman–Crippen MR) is 113 cm³/mol. The molecule has 3 heterocycles. The van der Waals surface area contributed by atoms with Gasteiger partial charge in [-0.3, -0.25) is 9.20 Å². The van der Waals surface area contributed by atoms with Crippen molar-refractivity contribution in [2.24, 2.45) is 5.92 Å². The van der Waals surface area contributed by atoms with E-state index in [1.165, 1.54) is 5.56 Å². The molecular weight excluding hydrogens is 346 g/mol. The Morgan fingerprint density at radius 3 is 2.57 bits per heavy atom. The molecule has 0 unspecified atom stereocenters. The molecule has 3 aromatic rings. The fourth-order valence-corrected chi connectivity index (χ4v) is 4.27. The molecule has 0 N–H and O–H groups in total. The zero-order valence-corrected chi connectivity index (χ0v) is 16.9. The number of rotatable bonds is 5. The van der Waals surface area contributed by atoms with Gasteiger partial charge in [0, 0.05) is 19.3 Å². The average molecular weight is 376 g/mol. The van der Waals surface area contributed by atoms with Crippen LogP contribution in [-0.2, 0) is 12.8 Å². The molecule has 0 spiro atoms. The van der Waals surface area contributed by atoms with Gasteiger partial charge in [0.05, 0.1) is 5.69 Å². The Hall–Kier alpha value is -2.62. The third kappa shape index (κ3) is 3.82. The molecule has 28 heavy (non-hydrogen) atoms. The number of carbonyl (C=O) groups excluding carboxylic acids is 1. The minimum absolute atomic E-state index is 0.139. The molecule has 0 radical (unpaired) electrons. The lowest BCUT2D eigenvalue weighted by Gasteiger charge is -2.32. The number of imidazole rings is 1. The van der Waals surface area contributed by atoms with E-state index in [1.54, 1.807) is 0 Å². The van der Waals surface area contributed by atoms with E-state index in [1.807, 2.05) is 21.6 Å². The number of hydrogen-bond donors (Lipinski definition) is 0. The molecule has 0 aliphatic carbocycles. The number of likely N-dealkylation sites (tertiary alicyclic amines) is 1. The number of hydrogen-bond acceptors (Lipinski definition) is 2. The molecule has 1 amide bonds. The summed E-state index contributed by atoms with van der Waals surface area (Å²) in [6, 6.07) is 14.8. The Labute approximate surface area is 167 Å². The van der Waals surface area contributed by atoms with Crippen molar-refractivity contribution in [1.29, 1.82) is 0 Å². The van der Waals surface area contributed by atoms with Crippen molar-refractivity contribution in [2.75, 3.05) is 13.1 Å². The first-order valence-electron chi connectivity index (χ1n) is 10.5. The maximum absolute atomic E-state index is 13.4. The van der Waals surface area contributed by atoms with Crippen molar-refractivity contribution >= 4 is 11.6 Å².